The number of hydrogen-bond acceptors (Lipinski definition) is 6. The third-order valence-electron chi connectivity index (χ3n) is 5.13. The molecule has 1 saturated carbocycles. The molecule has 0 bridgehead atoms. The molecule has 7 nitrogen and oxygen atoms in total. The van der Waals surface area contributed by atoms with E-state index in [9.17, 15) is 9.59 Å². The van der Waals surface area contributed by atoms with Crippen LogP contribution in [0.25, 0.3) is 0 Å². The molecule has 2 aromatic rings. The maximum Gasteiger partial charge on any atom is 0.322 e. The predicted molar refractivity (Wildman–Crippen MR) is 108 cm³/mol. The third kappa shape index (κ3) is 3.72. The fraction of sp³-hybridized carbons (Fsp3) is 0.364. The van der Waals surface area contributed by atoms with E-state index in [4.69, 9.17) is 18.9 Å². The van der Waals surface area contributed by atoms with Crippen molar-refractivity contribution in [1.29, 1.82) is 0 Å². The molecule has 2 aromatic carbocycles. The predicted octanol–water partition coefficient (Wildman–Crippen LogP) is 3.39. The van der Waals surface area contributed by atoms with E-state index in [1.54, 1.807) is 31.2 Å². The molecule has 0 spiro atoms. The van der Waals surface area contributed by atoms with E-state index < -0.39 is 11.4 Å². The summed E-state index contributed by atoms with van der Waals surface area (Å²) in [6.45, 7) is 1.92. The van der Waals surface area contributed by atoms with E-state index in [1.165, 1.54) is 21.3 Å². The number of ether oxygens (including phenoxy) is 4. The molecular formula is C22H25NO6. The van der Waals surface area contributed by atoms with Crippen molar-refractivity contribution in [1.82, 2.24) is 0 Å². The molecule has 1 amide bonds. The molecule has 1 aliphatic carbocycles. The minimum atomic E-state index is -1.30. The Labute approximate surface area is 169 Å². The molecule has 0 radical (unpaired) electrons. The fourth-order valence-corrected chi connectivity index (χ4v) is 3.56. The first-order valence-corrected chi connectivity index (χ1v) is 9.35. The fourth-order valence-electron chi connectivity index (χ4n) is 3.56. The molecule has 7 heteroatoms. The van der Waals surface area contributed by atoms with Gasteiger partial charge in [-0.1, -0.05) is 18.2 Å². The summed E-state index contributed by atoms with van der Waals surface area (Å²) in [5, 5.41) is 2.84. The number of carbonyl (C=O) groups excluding carboxylic acids is 2. The largest absolute Gasteiger partial charge is 0.493 e. The Morgan fingerprint density at radius 1 is 1.03 bits per heavy atom. The van der Waals surface area contributed by atoms with Gasteiger partial charge in [-0.2, -0.15) is 0 Å². The van der Waals surface area contributed by atoms with Gasteiger partial charge in [-0.05, 0) is 43.2 Å². The summed E-state index contributed by atoms with van der Waals surface area (Å²) in [7, 11) is 4.57. The molecule has 3 rings (SSSR count). The van der Waals surface area contributed by atoms with Gasteiger partial charge < -0.3 is 24.3 Å². The van der Waals surface area contributed by atoms with Crippen LogP contribution in [0.15, 0.2) is 42.5 Å². The van der Waals surface area contributed by atoms with Crippen molar-refractivity contribution in [2.24, 2.45) is 5.41 Å². The molecular weight excluding hydrogens is 374 g/mol. The van der Waals surface area contributed by atoms with Gasteiger partial charge in [0.1, 0.15) is 0 Å². The van der Waals surface area contributed by atoms with Crippen LogP contribution in [0.1, 0.15) is 24.8 Å². The van der Waals surface area contributed by atoms with Crippen molar-refractivity contribution in [2.45, 2.75) is 19.3 Å². The smallest absolute Gasteiger partial charge is 0.322 e. The zero-order valence-corrected chi connectivity index (χ0v) is 17.0. The number of benzene rings is 2. The highest BCUT2D eigenvalue weighted by molar-refractivity contribution is 6.13. The Balaban J connectivity index is 1.97. The molecule has 1 fully saturated rings. The number of methoxy groups -OCH3 is 3. The van der Waals surface area contributed by atoms with Gasteiger partial charge in [0.05, 0.1) is 27.9 Å². The molecule has 29 heavy (non-hydrogen) atoms. The number of carbonyl (C=O) groups is 2. The molecule has 1 aliphatic rings. The van der Waals surface area contributed by atoms with Gasteiger partial charge >= 0.3 is 5.97 Å². The second-order valence-electron chi connectivity index (χ2n) is 6.73. The molecule has 2 atom stereocenters. The van der Waals surface area contributed by atoms with Gasteiger partial charge in [0.15, 0.2) is 16.9 Å². The van der Waals surface area contributed by atoms with Crippen LogP contribution in [-0.4, -0.2) is 39.8 Å². The first kappa shape index (κ1) is 20.5. The number of para-hydroxylation sites is 1. The molecule has 0 unspecified atom stereocenters. The lowest BCUT2D eigenvalue weighted by molar-refractivity contribution is -0.153. The SMILES string of the molecule is CCOC(=O)[C@]1(C(=O)Nc2ccccc2)C[C@H]1c1cc(OC)c(OC)c(OC)c1. The van der Waals surface area contributed by atoms with Gasteiger partial charge in [0.2, 0.25) is 11.7 Å². The second-order valence-corrected chi connectivity index (χ2v) is 6.73. The van der Waals surface area contributed by atoms with E-state index in [0.717, 1.165) is 5.56 Å². The van der Waals surface area contributed by atoms with Crippen LogP contribution < -0.4 is 19.5 Å². The average molecular weight is 399 g/mol. The second kappa shape index (κ2) is 8.43. The standard InChI is InChI=1S/C22H25NO6/c1-5-29-21(25)22(20(24)23-15-9-7-6-8-10-15)13-16(22)14-11-17(26-2)19(28-4)18(12-14)27-3/h6-12,16H,5,13H2,1-4H3,(H,23,24)/t16-,22+/m0/s1. The third-order valence-corrected chi connectivity index (χ3v) is 5.13. The summed E-state index contributed by atoms with van der Waals surface area (Å²) in [6.07, 6.45) is 0.336. The highest BCUT2D eigenvalue weighted by atomic mass is 16.5. The van der Waals surface area contributed by atoms with Gasteiger partial charge in [0.25, 0.3) is 0 Å². The van der Waals surface area contributed by atoms with E-state index in [0.29, 0.717) is 29.4 Å². The summed E-state index contributed by atoms with van der Waals surface area (Å²) in [6, 6.07) is 12.6. The van der Waals surface area contributed by atoms with Crippen LogP contribution in [0.3, 0.4) is 0 Å². The molecule has 0 aromatic heterocycles. The van der Waals surface area contributed by atoms with Crippen molar-refractivity contribution in [3.63, 3.8) is 0 Å². The first-order chi connectivity index (χ1) is 14.0. The van der Waals surface area contributed by atoms with E-state index >= 15 is 0 Å². The van der Waals surface area contributed by atoms with Crippen LogP contribution in [-0.2, 0) is 14.3 Å². The van der Waals surface area contributed by atoms with Crippen LogP contribution in [0, 0.1) is 5.41 Å². The number of esters is 1. The summed E-state index contributed by atoms with van der Waals surface area (Å²) in [4.78, 5) is 25.9. The Hall–Kier alpha value is -3.22. The first-order valence-electron chi connectivity index (χ1n) is 9.35. The minimum Gasteiger partial charge on any atom is -0.493 e. The molecule has 154 valence electrons. The number of anilines is 1. The summed E-state index contributed by atoms with van der Waals surface area (Å²) < 4.78 is 21.4. The number of amides is 1. The molecule has 1 N–H and O–H groups in total. The zero-order chi connectivity index (χ0) is 21.0. The Bertz CT molecular complexity index is 872. The maximum absolute atomic E-state index is 13.1. The van der Waals surface area contributed by atoms with E-state index in [-0.39, 0.29) is 18.4 Å². The van der Waals surface area contributed by atoms with Crippen LogP contribution in [0.2, 0.25) is 0 Å². The maximum atomic E-state index is 13.1. The molecule has 0 saturated heterocycles. The zero-order valence-electron chi connectivity index (χ0n) is 17.0. The van der Waals surface area contributed by atoms with Crippen LogP contribution in [0.4, 0.5) is 5.69 Å². The monoisotopic (exact) mass is 399 g/mol. The summed E-state index contributed by atoms with van der Waals surface area (Å²) >= 11 is 0. The number of rotatable bonds is 8. The number of nitrogens with one attached hydrogen (secondary N) is 1. The van der Waals surface area contributed by atoms with E-state index in [2.05, 4.69) is 5.32 Å². The highest BCUT2D eigenvalue weighted by Gasteiger charge is 2.67. The Morgan fingerprint density at radius 3 is 2.17 bits per heavy atom. The van der Waals surface area contributed by atoms with Crippen LogP contribution >= 0.6 is 0 Å². The van der Waals surface area contributed by atoms with E-state index in [1.807, 2.05) is 18.2 Å². The van der Waals surface area contributed by atoms with Crippen molar-refractivity contribution in [3.8, 4) is 17.2 Å². The van der Waals surface area contributed by atoms with Crippen molar-refractivity contribution < 1.29 is 28.5 Å². The van der Waals surface area contributed by atoms with Gasteiger partial charge in [-0.25, -0.2) is 0 Å². The lowest BCUT2D eigenvalue weighted by Crippen LogP contribution is -2.34. The summed E-state index contributed by atoms with van der Waals surface area (Å²) in [5.41, 5.74) is 0.0729. The average Bonchev–Trinajstić information content (AvgIpc) is 3.50. The van der Waals surface area contributed by atoms with Gasteiger partial charge in [-0.3, -0.25) is 9.59 Å². The highest BCUT2D eigenvalue weighted by Crippen LogP contribution is 2.62. The minimum absolute atomic E-state index is 0.196. The lowest BCUT2D eigenvalue weighted by Gasteiger charge is -2.18. The van der Waals surface area contributed by atoms with Gasteiger partial charge in [-0.15, -0.1) is 0 Å². The lowest BCUT2D eigenvalue weighted by atomic mass is 9.97. The summed E-state index contributed by atoms with van der Waals surface area (Å²) in [5.74, 6) is 0.104. The Kier molecular flexibility index (Phi) is 5.96. The normalized spacial score (nSPS) is 19.8. The topological polar surface area (TPSA) is 83.1 Å². The number of hydrogen-bond donors (Lipinski definition) is 1. The van der Waals surface area contributed by atoms with Crippen molar-refractivity contribution in [2.75, 3.05) is 33.3 Å². The van der Waals surface area contributed by atoms with Crippen molar-refractivity contribution >= 4 is 17.6 Å². The Morgan fingerprint density at radius 2 is 1.66 bits per heavy atom. The molecule has 0 aliphatic heterocycles. The van der Waals surface area contributed by atoms with Crippen molar-refractivity contribution in [3.05, 3.63) is 48.0 Å². The van der Waals surface area contributed by atoms with Crippen LogP contribution in [0.5, 0.6) is 17.2 Å². The molecule has 0 heterocycles. The quantitative estimate of drug-likeness (QED) is 0.541. The van der Waals surface area contributed by atoms with Gasteiger partial charge in [0, 0.05) is 11.6 Å².